The van der Waals surface area contributed by atoms with E-state index in [2.05, 4.69) is 26.8 Å². The van der Waals surface area contributed by atoms with E-state index >= 15 is 0 Å². The Morgan fingerprint density at radius 2 is 2.13 bits per heavy atom. The van der Waals surface area contributed by atoms with Crippen molar-refractivity contribution >= 4 is 9.81 Å². The average Bonchev–Trinajstić information content (AvgIpc) is 2.41. The van der Waals surface area contributed by atoms with E-state index < -0.39 is 0 Å². The molecule has 0 radical (unpaired) electrons. The molecule has 1 amide bonds. The normalized spacial score (nSPS) is 22.2. The summed E-state index contributed by atoms with van der Waals surface area (Å²) in [7, 11) is 0. The van der Waals surface area contributed by atoms with Crippen LogP contribution in [0.3, 0.4) is 0 Å². The van der Waals surface area contributed by atoms with Crippen molar-refractivity contribution in [2.45, 2.75) is 33.7 Å². The SMILES string of the molecule is CC=C1C(=O)N(C(C)C)CC1=C[C](C)=[W]. The molecular weight excluding hydrogens is 358 g/mol. The Morgan fingerprint density at radius 3 is 2.53 bits per heavy atom. The fourth-order valence-corrected chi connectivity index (χ4v) is 2.24. The van der Waals surface area contributed by atoms with E-state index in [1.165, 1.54) is 28.8 Å². The number of hydrogen-bond donors (Lipinski definition) is 0. The van der Waals surface area contributed by atoms with Crippen molar-refractivity contribution in [2.75, 3.05) is 6.54 Å². The number of hydrogen-bond acceptors (Lipinski definition) is 1. The van der Waals surface area contributed by atoms with Crippen molar-refractivity contribution in [2.24, 2.45) is 0 Å². The van der Waals surface area contributed by atoms with E-state index in [-0.39, 0.29) is 11.9 Å². The summed E-state index contributed by atoms with van der Waals surface area (Å²) in [4.78, 5) is 13.9. The zero-order valence-corrected chi connectivity index (χ0v) is 12.6. The standard InChI is InChI=1S/C12H17NO.W/c1-5-7-10-8-13(9(3)4)12(14)11(10)6-2;/h6-7,9H,8H2,1-4H3;. The van der Waals surface area contributed by atoms with Crippen LogP contribution in [0.2, 0.25) is 0 Å². The molecule has 1 fully saturated rings. The number of nitrogens with zero attached hydrogens (tertiary/aromatic N) is 1. The Balaban J connectivity index is 3.05. The van der Waals surface area contributed by atoms with Crippen molar-refractivity contribution < 1.29 is 24.1 Å². The second-order valence-corrected chi connectivity index (χ2v) is 6.32. The molecule has 0 aromatic rings. The van der Waals surface area contributed by atoms with E-state index in [9.17, 15) is 4.79 Å². The van der Waals surface area contributed by atoms with Gasteiger partial charge in [-0.1, -0.05) is 0 Å². The van der Waals surface area contributed by atoms with Gasteiger partial charge in [0.25, 0.3) is 0 Å². The van der Waals surface area contributed by atoms with Gasteiger partial charge in [-0.2, -0.15) is 0 Å². The van der Waals surface area contributed by atoms with Crippen molar-refractivity contribution in [3.8, 4) is 0 Å². The summed E-state index contributed by atoms with van der Waals surface area (Å²) in [6.45, 7) is 8.91. The first-order valence-corrected chi connectivity index (χ1v) is 6.62. The van der Waals surface area contributed by atoms with Gasteiger partial charge >= 0.3 is 102 Å². The Labute approximate surface area is 102 Å². The first-order valence-electron chi connectivity index (χ1n) is 5.16. The molecule has 82 valence electrons. The minimum atomic E-state index is 0.176. The minimum absolute atomic E-state index is 0.176. The Kier molecular flexibility index (Phi) is 4.21. The van der Waals surface area contributed by atoms with Gasteiger partial charge in [-0.05, 0) is 0 Å². The summed E-state index contributed by atoms with van der Waals surface area (Å²) in [5.74, 6) is 0.176. The second kappa shape index (κ2) is 5.03. The zero-order chi connectivity index (χ0) is 11.6. The van der Waals surface area contributed by atoms with Crippen LogP contribution in [0.4, 0.5) is 0 Å². The number of allylic oxidation sites excluding steroid dienone is 2. The molecule has 1 aliphatic rings. The molecule has 15 heavy (non-hydrogen) atoms. The predicted octanol–water partition coefficient (Wildman–Crippen LogP) is 1.85. The van der Waals surface area contributed by atoms with E-state index in [0.717, 1.165) is 12.1 Å². The van der Waals surface area contributed by atoms with Gasteiger partial charge in [0.1, 0.15) is 0 Å². The third-order valence-corrected chi connectivity index (χ3v) is 2.89. The summed E-state index contributed by atoms with van der Waals surface area (Å²) in [6.07, 6.45) is 4.07. The van der Waals surface area contributed by atoms with Crippen LogP contribution in [-0.2, 0) is 24.1 Å². The first-order chi connectivity index (χ1) is 6.97. The molecule has 1 aliphatic heterocycles. The molecule has 1 heterocycles. The van der Waals surface area contributed by atoms with Gasteiger partial charge in [0.05, 0.1) is 0 Å². The Hall–Kier alpha value is -0.492. The topological polar surface area (TPSA) is 20.3 Å². The summed E-state index contributed by atoms with van der Waals surface area (Å²) in [5, 5.41) is 0. The third-order valence-electron chi connectivity index (χ3n) is 2.47. The number of likely N-dealkylation sites (tertiary alicyclic amines) is 1. The number of carbonyl (C=O) groups is 1. The molecule has 0 aromatic heterocycles. The fraction of sp³-hybridized carbons (Fsp3) is 0.500. The monoisotopic (exact) mass is 375 g/mol. The average molecular weight is 375 g/mol. The van der Waals surface area contributed by atoms with Crippen LogP contribution in [0.15, 0.2) is 23.3 Å². The predicted molar refractivity (Wildman–Crippen MR) is 59.4 cm³/mol. The molecule has 0 N–H and O–H groups in total. The van der Waals surface area contributed by atoms with Crippen molar-refractivity contribution in [1.29, 1.82) is 0 Å². The van der Waals surface area contributed by atoms with E-state index in [0.29, 0.717) is 0 Å². The number of amides is 1. The Morgan fingerprint density at radius 1 is 1.53 bits per heavy atom. The second-order valence-electron chi connectivity index (χ2n) is 4.01. The van der Waals surface area contributed by atoms with Crippen LogP contribution >= 0.6 is 0 Å². The molecule has 0 saturated carbocycles. The fourth-order valence-electron chi connectivity index (χ4n) is 1.73. The van der Waals surface area contributed by atoms with Crippen LogP contribution < -0.4 is 0 Å². The molecule has 1 saturated heterocycles. The molecule has 0 aliphatic carbocycles. The van der Waals surface area contributed by atoms with Crippen LogP contribution in [0.25, 0.3) is 0 Å². The maximum atomic E-state index is 12.0. The molecular formula is C12H17NOW. The Bertz CT molecular complexity index is 353. The van der Waals surface area contributed by atoms with Crippen molar-refractivity contribution in [3.05, 3.63) is 23.3 Å². The van der Waals surface area contributed by atoms with E-state index in [1.54, 1.807) is 0 Å². The van der Waals surface area contributed by atoms with Gasteiger partial charge in [-0.3, -0.25) is 0 Å². The van der Waals surface area contributed by atoms with Crippen LogP contribution in [0.5, 0.6) is 0 Å². The summed E-state index contributed by atoms with van der Waals surface area (Å²) < 4.78 is 1.32. The number of carbonyl (C=O) groups excluding carboxylic acids is 1. The molecule has 0 atom stereocenters. The molecule has 0 spiro atoms. The van der Waals surface area contributed by atoms with Gasteiger partial charge in [0, 0.05) is 0 Å². The van der Waals surface area contributed by atoms with Gasteiger partial charge in [-0.25, -0.2) is 0 Å². The summed E-state index contributed by atoms with van der Waals surface area (Å²) in [5.41, 5.74) is 2.05. The van der Waals surface area contributed by atoms with Gasteiger partial charge < -0.3 is 0 Å². The van der Waals surface area contributed by atoms with E-state index in [1.807, 2.05) is 17.9 Å². The maximum absolute atomic E-state index is 12.0. The van der Waals surface area contributed by atoms with Crippen molar-refractivity contribution in [1.82, 2.24) is 4.90 Å². The quantitative estimate of drug-likeness (QED) is 0.675. The molecule has 2 nitrogen and oxygen atoms in total. The summed E-state index contributed by atoms with van der Waals surface area (Å²) >= 11 is 1.46. The zero-order valence-electron chi connectivity index (χ0n) is 9.70. The first kappa shape index (κ1) is 12.6. The van der Waals surface area contributed by atoms with E-state index in [4.69, 9.17) is 0 Å². The van der Waals surface area contributed by atoms with Crippen molar-refractivity contribution in [3.63, 3.8) is 0 Å². The van der Waals surface area contributed by atoms with Crippen LogP contribution in [0.1, 0.15) is 27.7 Å². The van der Waals surface area contributed by atoms with Gasteiger partial charge in [0.2, 0.25) is 0 Å². The van der Waals surface area contributed by atoms with Crippen LogP contribution in [-0.4, -0.2) is 27.3 Å². The van der Waals surface area contributed by atoms with Gasteiger partial charge in [-0.15, -0.1) is 0 Å². The van der Waals surface area contributed by atoms with Crippen LogP contribution in [0, 0.1) is 0 Å². The van der Waals surface area contributed by atoms with Gasteiger partial charge in [0.15, 0.2) is 0 Å². The molecule has 0 bridgehead atoms. The molecule has 0 aromatic carbocycles. The number of rotatable bonds is 2. The summed E-state index contributed by atoms with van der Waals surface area (Å²) in [6, 6.07) is 0.280. The molecule has 1 rings (SSSR count). The molecule has 0 unspecified atom stereocenters. The molecule has 3 heteroatoms. The third kappa shape index (κ3) is 2.75.